The van der Waals surface area contributed by atoms with E-state index in [0.717, 1.165) is 25.7 Å². The van der Waals surface area contributed by atoms with E-state index in [1.54, 1.807) is 14.1 Å². The fourth-order valence-electron chi connectivity index (χ4n) is 3.40. The Hall–Kier alpha value is -0.780. The molecule has 1 saturated carbocycles. The Balaban J connectivity index is 0.00000364. The Kier molecular flexibility index (Phi) is 10.1. The largest absolute Gasteiger partial charge is 0.401 e. The third-order valence-electron chi connectivity index (χ3n) is 4.83. The van der Waals surface area contributed by atoms with Crippen LogP contribution in [0.4, 0.5) is 13.2 Å². The number of likely N-dealkylation sites (tertiary alicyclic amines) is 1. The second-order valence-electron chi connectivity index (χ2n) is 7.41. The molecule has 1 saturated heterocycles. The van der Waals surface area contributed by atoms with Gasteiger partial charge in [-0.3, -0.25) is 9.69 Å². The predicted octanol–water partition coefficient (Wildman–Crippen LogP) is 2.20. The molecule has 0 bridgehead atoms. The van der Waals surface area contributed by atoms with Crippen molar-refractivity contribution in [1.29, 1.82) is 0 Å². The van der Waals surface area contributed by atoms with Crippen molar-refractivity contribution in [3.8, 4) is 0 Å². The minimum Gasteiger partial charge on any atom is -0.354 e. The number of hydrogen-bond donors (Lipinski definition) is 2. The Morgan fingerprint density at radius 3 is 2.33 bits per heavy atom. The van der Waals surface area contributed by atoms with E-state index in [4.69, 9.17) is 0 Å². The normalized spacial score (nSPS) is 22.3. The highest BCUT2D eigenvalue weighted by atomic mass is 127. The first-order valence-electron chi connectivity index (χ1n) is 9.30. The lowest BCUT2D eigenvalue weighted by Crippen LogP contribution is -2.49. The van der Waals surface area contributed by atoms with Crippen LogP contribution in [0.2, 0.25) is 0 Å². The van der Waals surface area contributed by atoms with Gasteiger partial charge in [-0.05, 0) is 19.3 Å². The molecule has 2 aliphatic rings. The van der Waals surface area contributed by atoms with Crippen LogP contribution in [0.25, 0.3) is 0 Å². The van der Waals surface area contributed by atoms with Gasteiger partial charge in [0, 0.05) is 39.3 Å². The van der Waals surface area contributed by atoms with E-state index in [0.29, 0.717) is 31.5 Å². The van der Waals surface area contributed by atoms with Crippen molar-refractivity contribution in [3.05, 3.63) is 0 Å². The number of nitrogens with one attached hydrogen (secondary N) is 2. The summed E-state index contributed by atoms with van der Waals surface area (Å²) in [6.07, 6.45) is 2.09. The number of carbonyl (C=O) groups is 1. The summed E-state index contributed by atoms with van der Waals surface area (Å²) >= 11 is 0. The molecular weight excluding hydrogens is 474 g/mol. The third kappa shape index (κ3) is 9.31. The van der Waals surface area contributed by atoms with Crippen LogP contribution >= 0.6 is 24.0 Å². The highest BCUT2D eigenvalue weighted by molar-refractivity contribution is 14.0. The number of hydrogen-bond acceptors (Lipinski definition) is 3. The summed E-state index contributed by atoms with van der Waals surface area (Å²) in [6.45, 7) is -0.127. The van der Waals surface area contributed by atoms with Crippen molar-refractivity contribution in [3.63, 3.8) is 0 Å². The Morgan fingerprint density at radius 1 is 1.11 bits per heavy atom. The molecule has 1 heterocycles. The fraction of sp³-hybridized carbons (Fsp3) is 0.882. The van der Waals surface area contributed by atoms with E-state index >= 15 is 0 Å². The zero-order chi connectivity index (χ0) is 19.2. The van der Waals surface area contributed by atoms with Crippen LogP contribution in [0, 0.1) is 0 Å². The standard InChI is InChI=1S/C17H30F3N5O.HI/c1-24(2)15(26)10-21-16(22-13-6-4-3-5-7-13)23-14-8-9-25(11-14)12-17(18,19)20;/h13-14H,3-12H2,1-2H3,(H2,21,22,23);1H. The van der Waals surface area contributed by atoms with Crippen molar-refractivity contribution in [2.75, 3.05) is 40.3 Å². The summed E-state index contributed by atoms with van der Waals surface area (Å²) in [5, 5.41) is 6.60. The second kappa shape index (κ2) is 11.3. The lowest BCUT2D eigenvalue weighted by atomic mass is 9.96. The molecule has 2 fully saturated rings. The molecule has 1 unspecified atom stereocenters. The molecule has 0 spiro atoms. The molecule has 2 rings (SSSR count). The summed E-state index contributed by atoms with van der Waals surface area (Å²) in [5.41, 5.74) is 0. The van der Waals surface area contributed by atoms with Crippen molar-refractivity contribution in [2.24, 2.45) is 4.99 Å². The number of carbonyl (C=O) groups excluding carboxylic acids is 1. The van der Waals surface area contributed by atoms with Gasteiger partial charge in [0.25, 0.3) is 0 Å². The van der Waals surface area contributed by atoms with Crippen LogP contribution in [-0.2, 0) is 4.79 Å². The number of guanidine groups is 1. The first kappa shape index (κ1) is 24.3. The molecule has 1 amide bonds. The maximum absolute atomic E-state index is 12.6. The number of rotatable bonds is 5. The molecule has 158 valence electrons. The van der Waals surface area contributed by atoms with Crippen molar-refractivity contribution < 1.29 is 18.0 Å². The number of alkyl halides is 3. The van der Waals surface area contributed by atoms with Gasteiger partial charge in [0.1, 0.15) is 6.54 Å². The summed E-state index contributed by atoms with van der Waals surface area (Å²) in [7, 11) is 3.34. The molecule has 0 aromatic heterocycles. The molecule has 1 aliphatic carbocycles. The summed E-state index contributed by atoms with van der Waals surface area (Å²) < 4.78 is 37.7. The molecule has 10 heteroatoms. The molecule has 2 N–H and O–H groups in total. The average Bonchev–Trinajstić information content (AvgIpc) is 2.98. The molecule has 6 nitrogen and oxygen atoms in total. The van der Waals surface area contributed by atoms with Gasteiger partial charge in [-0.25, -0.2) is 4.99 Å². The Morgan fingerprint density at radius 2 is 1.74 bits per heavy atom. The van der Waals surface area contributed by atoms with E-state index in [1.165, 1.54) is 16.2 Å². The number of nitrogens with zero attached hydrogens (tertiary/aromatic N) is 3. The number of halogens is 4. The monoisotopic (exact) mass is 505 g/mol. The number of likely N-dealkylation sites (N-methyl/N-ethyl adjacent to an activating group) is 1. The highest BCUT2D eigenvalue weighted by Gasteiger charge is 2.34. The third-order valence-corrected chi connectivity index (χ3v) is 4.83. The maximum atomic E-state index is 12.6. The van der Waals surface area contributed by atoms with Crippen LogP contribution in [0.5, 0.6) is 0 Å². The zero-order valence-corrected chi connectivity index (χ0v) is 18.3. The average molecular weight is 505 g/mol. The van der Waals surface area contributed by atoms with Crippen LogP contribution in [0.15, 0.2) is 4.99 Å². The van der Waals surface area contributed by atoms with Crippen molar-refractivity contribution in [2.45, 2.75) is 56.8 Å². The minimum atomic E-state index is -4.18. The van der Waals surface area contributed by atoms with Gasteiger partial charge in [-0.15, -0.1) is 24.0 Å². The van der Waals surface area contributed by atoms with Gasteiger partial charge >= 0.3 is 6.18 Å². The first-order chi connectivity index (χ1) is 12.2. The molecule has 0 aromatic carbocycles. The Labute approximate surface area is 176 Å². The van der Waals surface area contributed by atoms with Crippen LogP contribution in [0.3, 0.4) is 0 Å². The van der Waals surface area contributed by atoms with Gasteiger partial charge in [0.05, 0.1) is 6.54 Å². The molecule has 1 aliphatic heterocycles. The van der Waals surface area contributed by atoms with Gasteiger partial charge in [-0.1, -0.05) is 19.3 Å². The summed E-state index contributed by atoms with van der Waals surface area (Å²) in [6, 6.07) is 0.207. The zero-order valence-electron chi connectivity index (χ0n) is 16.0. The van der Waals surface area contributed by atoms with E-state index in [-0.39, 0.29) is 42.5 Å². The Bertz CT molecular complexity index is 495. The summed E-state index contributed by atoms with van der Waals surface area (Å²) in [5.74, 6) is 0.422. The van der Waals surface area contributed by atoms with E-state index in [2.05, 4.69) is 15.6 Å². The quantitative estimate of drug-likeness (QED) is 0.342. The molecule has 27 heavy (non-hydrogen) atoms. The van der Waals surface area contributed by atoms with Crippen LogP contribution < -0.4 is 10.6 Å². The molecule has 0 aromatic rings. The molecular formula is C17H31F3IN5O. The van der Waals surface area contributed by atoms with Crippen LogP contribution in [0.1, 0.15) is 38.5 Å². The SMILES string of the molecule is CN(C)C(=O)CN=C(NC1CCCCC1)NC1CCN(CC(F)(F)F)C1.I. The second-order valence-corrected chi connectivity index (χ2v) is 7.41. The molecule has 1 atom stereocenters. The highest BCUT2D eigenvalue weighted by Crippen LogP contribution is 2.20. The van der Waals surface area contributed by atoms with Gasteiger partial charge in [0.15, 0.2) is 5.96 Å². The van der Waals surface area contributed by atoms with Crippen molar-refractivity contribution >= 4 is 35.8 Å². The van der Waals surface area contributed by atoms with Gasteiger partial charge < -0.3 is 15.5 Å². The lowest BCUT2D eigenvalue weighted by molar-refractivity contribution is -0.143. The maximum Gasteiger partial charge on any atom is 0.401 e. The van der Waals surface area contributed by atoms with E-state index in [1.807, 2.05) is 0 Å². The number of aliphatic imine (C=N–C) groups is 1. The number of amides is 1. The summed E-state index contributed by atoms with van der Waals surface area (Å²) in [4.78, 5) is 19.1. The van der Waals surface area contributed by atoms with E-state index in [9.17, 15) is 18.0 Å². The van der Waals surface area contributed by atoms with E-state index < -0.39 is 12.7 Å². The van der Waals surface area contributed by atoms with Crippen LogP contribution in [-0.4, -0.2) is 80.2 Å². The predicted molar refractivity (Wildman–Crippen MR) is 110 cm³/mol. The van der Waals surface area contributed by atoms with Gasteiger partial charge in [-0.2, -0.15) is 13.2 Å². The lowest BCUT2D eigenvalue weighted by Gasteiger charge is -2.27. The van der Waals surface area contributed by atoms with Crippen molar-refractivity contribution in [1.82, 2.24) is 20.4 Å². The first-order valence-corrected chi connectivity index (χ1v) is 9.30. The minimum absolute atomic E-state index is 0. The fourth-order valence-corrected chi connectivity index (χ4v) is 3.40. The topological polar surface area (TPSA) is 60.0 Å². The van der Waals surface area contributed by atoms with Gasteiger partial charge in [0.2, 0.25) is 5.91 Å². The smallest absolute Gasteiger partial charge is 0.354 e. The molecule has 0 radical (unpaired) electrons.